The van der Waals surface area contributed by atoms with E-state index in [0.29, 0.717) is 4.83 Å². The topological polar surface area (TPSA) is 9.23 Å². The van der Waals surface area contributed by atoms with Gasteiger partial charge < -0.3 is 4.74 Å². The summed E-state index contributed by atoms with van der Waals surface area (Å²) < 4.78 is 5.08. The summed E-state index contributed by atoms with van der Waals surface area (Å²) in [4.78, 5) is 0.354. The van der Waals surface area contributed by atoms with E-state index in [4.69, 9.17) is 4.74 Å². The first kappa shape index (κ1) is 10.8. The third-order valence-corrected chi connectivity index (χ3v) is 2.36. The standard InChI is InChI=1S/C9H15BrO/c1-5-9(10)6-7(2)8(3)11-4/h5,9H,1,6H2,2-4H3/b8-7+. The molecular weight excluding hydrogens is 204 g/mol. The van der Waals surface area contributed by atoms with Crippen molar-refractivity contribution in [3.8, 4) is 0 Å². The Kier molecular flexibility index (Phi) is 5.30. The Morgan fingerprint density at radius 1 is 1.64 bits per heavy atom. The first-order valence-corrected chi connectivity index (χ1v) is 4.50. The van der Waals surface area contributed by atoms with Gasteiger partial charge in [0.15, 0.2) is 0 Å². The van der Waals surface area contributed by atoms with Crippen molar-refractivity contribution in [1.82, 2.24) is 0 Å². The van der Waals surface area contributed by atoms with Crippen LogP contribution < -0.4 is 0 Å². The van der Waals surface area contributed by atoms with Gasteiger partial charge in [-0.3, -0.25) is 0 Å². The van der Waals surface area contributed by atoms with Gasteiger partial charge in [-0.15, -0.1) is 6.58 Å². The minimum absolute atomic E-state index is 0.354. The summed E-state index contributed by atoms with van der Waals surface area (Å²) in [6.07, 6.45) is 2.84. The Labute approximate surface area is 77.3 Å². The van der Waals surface area contributed by atoms with Gasteiger partial charge >= 0.3 is 0 Å². The summed E-state index contributed by atoms with van der Waals surface area (Å²) in [6.45, 7) is 7.72. The molecule has 0 saturated carbocycles. The van der Waals surface area contributed by atoms with E-state index in [2.05, 4.69) is 29.4 Å². The van der Waals surface area contributed by atoms with E-state index in [1.54, 1.807) is 7.11 Å². The van der Waals surface area contributed by atoms with Gasteiger partial charge in [0, 0.05) is 4.83 Å². The van der Waals surface area contributed by atoms with Crippen LogP contribution >= 0.6 is 15.9 Å². The van der Waals surface area contributed by atoms with Crippen molar-refractivity contribution in [2.75, 3.05) is 7.11 Å². The van der Waals surface area contributed by atoms with E-state index in [1.807, 2.05) is 13.0 Å². The second-order valence-electron chi connectivity index (χ2n) is 2.50. The van der Waals surface area contributed by atoms with Crippen molar-refractivity contribution >= 4 is 15.9 Å². The van der Waals surface area contributed by atoms with Crippen molar-refractivity contribution in [3.05, 3.63) is 24.0 Å². The Hall–Kier alpha value is -0.240. The van der Waals surface area contributed by atoms with Gasteiger partial charge in [-0.2, -0.15) is 0 Å². The molecule has 0 aromatic rings. The lowest BCUT2D eigenvalue weighted by Crippen LogP contribution is -1.96. The molecule has 11 heavy (non-hydrogen) atoms. The predicted octanol–water partition coefficient (Wildman–Crippen LogP) is 3.27. The van der Waals surface area contributed by atoms with Crippen molar-refractivity contribution < 1.29 is 4.74 Å². The molecule has 0 saturated heterocycles. The van der Waals surface area contributed by atoms with Crippen molar-refractivity contribution in [1.29, 1.82) is 0 Å². The fraction of sp³-hybridized carbons (Fsp3) is 0.556. The molecule has 64 valence electrons. The maximum absolute atomic E-state index is 5.08. The Balaban J connectivity index is 4.04. The lowest BCUT2D eigenvalue weighted by Gasteiger charge is -2.07. The molecule has 0 fully saturated rings. The molecule has 0 bridgehead atoms. The second-order valence-corrected chi connectivity index (χ2v) is 3.67. The van der Waals surface area contributed by atoms with Crippen LogP contribution in [0.1, 0.15) is 20.3 Å². The largest absolute Gasteiger partial charge is 0.501 e. The molecule has 0 aromatic heterocycles. The van der Waals surface area contributed by atoms with Crippen LogP contribution in [-0.4, -0.2) is 11.9 Å². The number of allylic oxidation sites excluding steroid dienone is 3. The van der Waals surface area contributed by atoms with Crippen LogP contribution in [-0.2, 0) is 4.74 Å². The molecule has 2 heteroatoms. The van der Waals surface area contributed by atoms with Crippen LogP contribution in [0.25, 0.3) is 0 Å². The monoisotopic (exact) mass is 218 g/mol. The number of alkyl halides is 1. The molecular formula is C9H15BrO. The number of halogens is 1. The number of hydrogen-bond acceptors (Lipinski definition) is 1. The predicted molar refractivity (Wildman–Crippen MR) is 52.9 cm³/mol. The molecule has 0 aromatic carbocycles. The maximum atomic E-state index is 5.08. The van der Waals surface area contributed by atoms with Crippen LogP contribution in [0.3, 0.4) is 0 Å². The Morgan fingerprint density at radius 3 is 2.55 bits per heavy atom. The second kappa shape index (κ2) is 5.42. The highest BCUT2D eigenvalue weighted by atomic mass is 79.9. The van der Waals surface area contributed by atoms with E-state index in [-0.39, 0.29) is 0 Å². The summed E-state index contributed by atoms with van der Waals surface area (Å²) >= 11 is 3.47. The molecule has 0 heterocycles. The fourth-order valence-corrected chi connectivity index (χ4v) is 1.18. The lowest BCUT2D eigenvalue weighted by molar-refractivity contribution is 0.287. The molecule has 0 aliphatic rings. The van der Waals surface area contributed by atoms with Gasteiger partial charge in [0.1, 0.15) is 0 Å². The third kappa shape index (κ3) is 4.25. The molecule has 1 atom stereocenters. The van der Waals surface area contributed by atoms with Crippen LogP contribution in [0.4, 0.5) is 0 Å². The first-order valence-electron chi connectivity index (χ1n) is 3.58. The zero-order chi connectivity index (χ0) is 8.85. The van der Waals surface area contributed by atoms with E-state index in [0.717, 1.165) is 12.2 Å². The highest BCUT2D eigenvalue weighted by molar-refractivity contribution is 9.09. The average molecular weight is 219 g/mol. The number of rotatable bonds is 4. The minimum atomic E-state index is 0.354. The number of ether oxygens (including phenoxy) is 1. The molecule has 0 rings (SSSR count). The van der Waals surface area contributed by atoms with Crippen molar-refractivity contribution in [3.63, 3.8) is 0 Å². The maximum Gasteiger partial charge on any atom is 0.0914 e. The summed E-state index contributed by atoms with van der Waals surface area (Å²) in [5.41, 5.74) is 1.26. The van der Waals surface area contributed by atoms with Crippen molar-refractivity contribution in [2.45, 2.75) is 25.1 Å². The molecule has 0 aliphatic heterocycles. The fourth-order valence-electron chi connectivity index (χ4n) is 0.694. The van der Waals surface area contributed by atoms with Crippen molar-refractivity contribution in [2.24, 2.45) is 0 Å². The van der Waals surface area contributed by atoms with Gasteiger partial charge in [0.25, 0.3) is 0 Å². The highest BCUT2D eigenvalue weighted by Crippen LogP contribution is 2.16. The van der Waals surface area contributed by atoms with E-state index < -0.39 is 0 Å². The summed E-state index contributed by atoms with van der Waals surface area (Å²) in [6, 6.07) is 0. The van der Waals surface area contributed by atoms with E-state index in [9.17, 15) is 0 Å². The smallest absolute Gasteiger partial charge is 0.0914 e. The van der Waals surface area contributed by atoms with Gasteiger partial charge in [0.05, 0.1) is 12.9 Å². The van der Waals surface area contributed by atoms with E-state index in [1.165, 1.54) is 5.57 Å². The summed E-state index contributed by atoms with van der Waals surface area (Å²) in [5.74, 6) is 0.997. The molecule has 0 aliphatic carbocycles. The molecule has 1 nitrogen and oxygen atoms in total. The lowest BCUT2D eigenvalue weighted by atomic mass is 10.1. The molecule has 0 spiro atoms. The highest BCUT2D eigenvalue weighted by Gasteiger charge is 2.02. The first-order chi connectivity index (χ1) is 5.11. The van der Waals surface area contributed by atoms with Gasteiger partial charge in [-0.25, -0.2) is 0 Å². The van der Waals surface area contributed by atoms with Crippen LogP contribution in [0.5, 0.6) is 0 Å². The SMILES string of the molecule is C=CC(Br)C/C(C)=C(\C)OC. The van der Waals surface area contributed by atoms with Crippen LogP contribution in [0.15, 0.2) is 24.0 Å². The number of hydrogen-bond donors (Lipinski definition) is 0. The van der Waals surface area contributed by atoms with Crippen LogP contribution in [0, 0.1) is 0 Å². The summed E-state index contributed by atoms with van der Waals surface area (Å²) in [7, 11) is 1.69. The molecule has 0 amide bonds. The number of methoxy groups -OCH3 is 1. The quantitative estimate of drug-likeness (QED) is 0.400. The van der Waals surface area contributed by atoms with Gasteiger partial charge in [-0.1, -0.05) is 22.0 Å². The van der Waals surface area contributed by atoms with Gasteiger partial charge in [0.2, 0.25) is 0 Å². The van der Waals surface area contributed by atoms with E-state index >= 15 is 0 Å². The summed E-state index contributed by atoms with van der Waals surface area (Å²) in [5, 5.41) is 0. The Bertz CT molecular complexity index is 161. The van der Waals surface area contributed by atoms with Gasteiger partial charge in [-0.05, 0) is 25.8 Å². The zero-order valence-electron chi connectivity index (χ0n) is 7.36. The normalized spacial score (nSPS) is 15.3. The molecule has 0 radical (unpaired) electrons. The van der Waals surface area contributed by atoms with Crippen LogP contribution in [0.2, 0.25) is 0 Å². The third-order valence-electron chi connectivity index (χ3n) is 1.66. The molecule has 1 unspecified atom stereocenters. The average Bonchev–Trinajstić information content (AvgIpc) is 2.02. The zero-order valence-corrected chi connectivity index (χ0v) is 8.94. The minimum Gasteiger partial charge on any atom is -0.501 e. The molecule has 0 N–H and O–H groups in total. The Morgan fingerprint density at radius 2 is 2.18 bits per heavy atom.